The molecule has 1 aromatic carbocycles. The Balaban J connectivity index is 2.07. The average Bonchev–Trinajstić information content (AvgIpc) is 2.93. The van der Waals surface area contributed by atoms with Gasteiger partial charge in [-0.05, 0) is 57.5 Å². The quantitative estimate of drug-likeness (QED) is 0.566. The number of benzene rings is 1. The third kappa shape index (κ3) is 5.74. The van der Waals surface area contributed by atoms with Gasteiger partial charge in [0, 0.05) is 11.0 Å². The molecule has 0 fully saturated rings. The van der Waals surface area contributed by atoms with Crippen LogP contribution in [0.5, 0.6) is 5.75 Å². The molecule has 0 saturated heterocycles. The first-order chi connectivity index (χ1) is 12.4. The standard InChI is InChI=1S/C20H23NO4S/c1-5-24-20(23)17-11-14(4)26-19(17)21-18(22)10-9-15-7-6-8-16(12-15)25-13(2)3/h6-13H,5H2,1-4H3,(H,21,22)/b10-9+. The summed E-state index contributed by atoms with van der Waals surface area (Å²) in [5.74, 6) is 0.00304. The van der Waals surface area contributed by atoms with Gasteiger partial charge in [0.15, 0.2) is 0 Å². The molecule has 2 aromatic rings. The Morgan fingerprint density at radius 1 is 1.27 bits per heavy atom. The van der Waals surface area contributed by atoms with Gasteiger partial charge in [0.05, 0.1) is 18.3 Å². The maximum atomic E-state index is 12.2. The molecule has 0 spiro atoms. The van der Waals surface area contributed by atoms with Crippen LogP contribution in [0.25, 0.3) is 6.08 Å². The summed E-state index contributed by atoms with van der Waals surface area (Å²) in [6.45, 7) is 7.82. The number of hydrogen-bond acceptors (Lipinski definition) is 5. The maximum Gasteiger partial charge on any atom is 0.341 e. The number of hydrogen-bond donors (Lipinski definition) is 1. The van der Waals surface area contributed by atoms with Crippen molar-refractivity contribution >= 4 is 34.3 Å². The van der Waals surface area contributed by atoms with E-state index in [2.05, 4.69) is 5.32 Å². The fraction of sp³-hybridized carbons (Fsp3) is 0.300. The van der Waals surface area contributed by atoms with E-state index in [4.69, 9.17) is 9.47 Å². The minimum atomic E-state index is -0.435. The van der Waals surface area contributed by atoms with Crippen LogP contribution < -0.4 is 10.1 Å². The second kappa shape index (κ2) is 9.20. The molecule has 6 heteroatoms. The van der Waals surface area contributed by atoms with Gasteiger partial charge in [-0.1, -0.05) is 12.1 Å². The van der Waals surface area contributed by atoms with E-state index in [0.717, 1.165) is 16.2 Å². The number of thiophene rings is 1. The summed E-state index contributed by atoms with van der Waals surface area (Å²) in [6, 6.07) is 9.21. The Labute approximate surface area is 157 Å². The molecule has 1 N–H and O–H groups in total. The van der Waals surface area contributed by atoms with E-state index < -0.39 is 5.97 Å². The van der Waals surface area contributed by atoms with Gasteiger partial charge >= 0.3 is 5.97 Å². The number of carbonyl (C=O) groups is 2. The molecule has 0 bridgehead atoms. The van der Waals surface area contributed by atoms with Gasteiger partial charge in [0.2, 0.25) is 5.91 Å². The largest absolute Gasteiger partial charge is 0.491 e. The van der Waals surface area contributed by atoms with Crippen molar-refractivity contribution in [2.24, 2.45) is 0 Å². The van der Waals surface area contributed by atoms with Crippen LogP contribution in [0.3, 0.4) is 0 Å². The molecule has 26 heavy (non-hydrogen) atoms. The molecular formula is C20H23NO4S. The number of amides is 1. The van der Waals surface area contributed by atoms with Crippen LogP contribution in [0.2, 0.25) is 0 Å². The fourth-order valence-electron chi connectivity index (χ4n) is 2.26. The van der Waals surface area contributed by atoms with E-state index in [1.54, 1.807) is 19.1 Å². The lowest BCUT2D eigenvalue weighted by Gasteiger charge is -2.09. The Kier molecular flexibility index (Phi) is 6.97. The van der Waals surface area contributed by atoms with E-state index in [9.17, 15) is 9.59 Å². The number of anilines is 1. The summed E-state index contributed by atoms with van der Waals surface area (Å²) in [5, 5.41) is 3.24. The normalized spacial score (nSPS) is 11.0. The topological polar surface area (TPSA) is 64.6 Å². The highest BCUT2D eigenvalue weighted by molar-refractivity contribution is 7.16. The lowest BCUT2D eigenvalue weighted by molar-refractivity contribution is -0.111. The third-order valence-corrected chi connectivity index (χ3v) is 4.21. The Morgan fingerprint density at radius 3 is 2.73 bits per heavy atom. The number of ether oxygens (including phenoxy) is 2. The van der Waals surface area contributed by atoms with Crippen LogP contribution in [0, 0.1) is 6.92 Å². The van der Waals surface area contributed by atoms with Gasteiger partial charge in [-0.15, -0.1) is 11.3 Å². The molecule has 0 aliphatic rings. The van der Waals surface area contributed by atoms with Gasteiger partial charge in [0.1, 0.15) is 10.8 Å². The number of esters is 1. The number of aryl methyl sites for hydroxylation is 1. The molecule has 2 rings (SSSR count). The number of nitrogens with one attached hydrogen (secondary N) is 1. The summed E-state index contributed by atoms with van der Waals surface area (Å²) in [4.78, 5) is 25.1. The molecule has 0 atom stereocenters. The van der Waals surface area contributed by atoms with Crippen molar-refractivity contribution in [2.75, 3.05) is 11.9 Å². The van der Waals surface area contributed by atoms with E-state index in [1.807, 2.05) is 45.0 Å². The fourth-order valence-corrected chi connectivity index (χ4v) is 3.16. The Hall–Kier alpha value is -2.60. The number of rotatable bonds is 7. The molecular weight excluding hydrogens is 350 g/mol. The molecule has 1 amide bonds. The smallest absolute Gasteiger partial charge is 0.341 e. The van der Waals surface area contributed by atoms with Gasteiger partial charge in [-0.2, -0.15) is 0 Å². The van der Waals surface area contributed by atoms with Crippen molar-refractivity contribution in [2.45, 2.75) is 33.8 Å². The second-order valence-corrected chi connectivity index (χ2v) is 7.14. The summed E-state index contributed by atoms with van der Waals surface area (Å²) in [7, 11) is 0. The zero-order chi connectivity index (χ0) is 19.1. The highest BCUT2D eigenvalue weighted by Gasteiger charge is 2.17. The number of carbonyl (C=O) groups excluding carboxylic acids is 2. The second-order valence-electron chi connectivity index (χ2n) is 5.88. The molecule has 0 unspecified atom stereocenters. The Morgan fingerprint density at radius 2 is 2.04 bits per heavy atom. The van der Waals surface area contributed by atoms with Crippen molar-refractivity contribution in [3.63, 3.8) is 0 Å². The molecule has 138 valence electrons. The van der Waals surface area contributed by atoms with Crippen LogP contribution in [0.4, 0.5) is 5.00 Å². The van der Waals surface area contributed by atoms with E-state index in [-0.39, 0.29) is 18.6 Å². The SMILES string of the molecule is CCOC(=O)c1cc(C)sc1NC(=O)/C=C/c1cccc(OC(C)C)c1. The maximum absolute atomic E-state index is 12.2. The zero-order valence-electron chi connectivity index (χ0n) is 15.4. The van der Waals surface area contributed by atoms with Gasteiger partial charge in [0.25, 0.3) is 0 Å². The van der Waals surface area contributed by atoms with Gasteiger partial charge in [-0.25, -0.2) is 4.79 Å². The third-order valence-electron chi connectivity index (χ3n) is 3.24. The van der Waals surface area contributed by atoms with Crippen molar-refractivity contribution in [1.82, 2.24) is 0 Å². The molecule has 1 aromatic heterocycles. The summed E-state index contributed by atoms with van der Waals surface area (Å²) in [5.41, 5.74) is 1.23. The van der Waals surface area contributed by atoms with Crippen molar-refractivity contribution in [3.05, 3.63) is 52.4 Å². The van der Waals surface area contributed by atoms with E-state index in [1.165, 1.54) is 17.4 Å². The summed E-state index contributed by atoms with van der Waals surface area (Å²) >= 11 is 1.34. The van der Waals surface area contributed by atoms with Crippen LogP contribution in [-0.4, -0.2) is 24.6 Å². The van der Waals surface area contributed by atoms with Crippen molar-refractivity contribution < 1.29 is 19.1 Å². The van der Waals surface area contributed by atoms with Crippen LogP contribution in [0.15, 0.2) is 36.4 Å². The predicted molar refractivity (Wildman–Crippen MR) is 105 cm³/mol. The van der Waals surface area contributed by atoms with Crippen LogP contribution in [0.1, 0.15) is 41.6 Å². The predicted octanol–water partition coefficient (Wildman–Crippen LogP) is 4.67. The summed E-state index contributed by atoms with van der Waals surface area (Å²) < 4.78 is 10.7. The highest BCUT2D eigenvalue weighted by Crippen LogP contribution is 2.28. The zero-order valence-corrected chi connectivity index (χ0v) is 16.2. The minimum Gasteiger partial charge on any atom is -0.491 e. The van der Waals surface area contributed by atoms with E-state index >= 15 is 0 Å². The lowest BCUT2D eigenvalue weighted by Crippen LogP contribution is -2.11. The summed E-state index contributed by atoms with van der Waals surface area (Å²) in [6.07, 6.45) is 3.21. The Bertz CT molecular complexity index is 808. The average molecular weight is 373 g/mol. The monoisotopic (exact) mass is 373 g/mol. The molecule has 0 aliphatic carbocycles. The van der Waals surface area contributed by atoms with Gasteiger partial charge in [-0.3, -0.25) is 4.79 Å². The minimum absolute atomic E-state index is 0.0842. The van der Waals surface area contributed by atoms with Crippen molar-refractivity contribution in [3.8, 4) is 5.75 Å². The molecule has 0 saturated carbocycles. The van der Waals surface area contributed by atoms with Crippen LogP contribution >= 0.6 is 11.3 Å². The first-order valence-corrected chi connectivity index (χ1v) is 9.24. The molecule has 0 aliphatic heterocycles. The van der Waals surface area contributed by atoms with Crippen LogP contribution in [-0.2, 0) is 9.53 Å². The lowest BCUT2D eigenvalue weighted by atomic mass is 10.2. The van der Waals surface area contributed by atoms with Crippen molar-refractivity contribution in [1.29, 1.82) is 0 Å². The van der Waals surface area contributed by atoms with Gasteiger partial charge < -0.3 is 14.8 Å². The first kappa shape index (κ1) is 19.7. The van der Waals surface area contributed by atoms with E-state index in [0.29, 0.717) is 10.6 Å². The first-order valence-electron chi connectivity index (χ1n) is 8.42. The molecule has 0 radical (unpaired) electrons. The molecule has 5 nitrogen and oxygen atoms in total. The molecule has 1 heterocycles. The highest BCUT2D eigenvalue weighted by atomic mass is 32.1.